The van der Waals surface area contributed by atoms with Crippen LogP contribution in [0.25, 0.3) is 0 Å². The minimum atomic E-state index is -4.09. The highest BCUT2D eigenvalue weighted by atomic mass is 19.4. The molecule has 0 amide bonds. The summed E-state index contributed by atoms with van der Waals surface area (Å²) in [5.74, 6) is 0. The molecule has 0 aromatic heterocycles. The van der Waals surface area contributed by atoms with Crippen LogP contribution in [-0.4, -0.2) is 12.7 Å². The van der Waals surface area contributed by atoms with E-state index in [4.69, 9.17) is 0 Å². The standard InChI is InChI=1S/C13H16F5N/c14-12(15)11-5-3-10(4-6-11)9-19-8-2-1-7-13(16,17)18/h3-6,12,19H,1-2,7-9H2. The van der Waals surface area contributed by atoms with Crippen molar-refractivity contribution >= 4 is 0 Å². The normalized spacial score (nSPS) is 12.1. The fourth-order valence-electron chi connectivity index (χ4n) is 1.59. The minimum absolute atomic E-state index is 0.0334. The van der Waals surface area contributed by atoms with Gasteiger partial charge in [-0.2, -0.15) is 13.2 Å². The van der Waals surface area contributed by atoms with E-state index in [1.807, 2.05) is 0 Å². The van der Waals surface area contributed by atoms with Crippen molar-refractivity contribution in [2.75, 3.05) is 6.54 Å². The third kappa shape index (κ3) is 7.10. The van der Waals surface area contributed by atoms with Gasteiger partial charge >= 0.3 is 6.18 Å². The van der Waals surface area contributed by atoms with E-state index < -0.39 is 19.0 Å². The molecular formula is C13H16F5N. The van der Waals surface area contributed by atoms with E-state index in [9.17, 15) is 22.0 Å². The van der Waals surface area contributed by atoms with Gasteiger partial charge in [0.05, 0.1) is 0 Å². The zero-order valence-electron chi connectivity index (χ0n) is 10.3. The zero-order chi connectivity index (χ0) is 14.3. The number of benzene rings is 1. The second kappa shape index (κ2) is 7.43. The molecule has 1 nitrogen and oxygen atoms in total. The van der Waals surface area contributed by atoms with Gasteiger partial charge in [-0.1, -0.05) is 24.3 Å². The number of rotatable bonds is 7. The van der Waals surface area contributed by atoms with Gasteiger partial charge < -0.3 is 5.32 Å². The summed E-state index contributed by atoms with van der Waals surface area (Å²) in [5, 5.41) is 2.98. The lowest BCUT2D eigenvalue weighted by molar-refractivity contribution is -0.135. The first kappa shape index (κ1) is 15.9. The van der Waals surface area contributed by atoms with E-state index in [2.05, 4.69) is 5.32 Å². The molecule has 1 rings (SSSR count). The second-order valence-electron chi connectivity index (χ2n) is 4.29. The summed E-state index contributed by atoms with van der Waals surface area (Å²) in [6, 6.07) is 5.88. The van der Waals surface area contributed by atoms with Crippen LogP contribution in [-0.2, 0) is 6.54 Å². The maximum absolute atomic E-state index is 12.3. The van der Waals surface area contributed by atoms with E-state index in [0.717, 1.165) is 5.56 Å². The van der Waals surface area contributed by atoms with E-state index in [1.165, 1.54) is 12.1 Å². The Hall–Kier alpha value is -1.17. The van der Waals surface area contributed by atoms with Crippen molar-refractivity contribution < 1.29 is 22.0 Å². The number of hydrogen-bond donors (Lipinski definition) is 1. The van der Waals surface area contributed by atoms with Crippen molar-refractivity contribution in [2.24, 2.45) is 0 Å². The molecule has 1 aromatic rings. The van der Waals surface area contributed by atoms with Crippen molar-refractivity contribution in [1.82, 2.24) is 5.32 Å². The van der Waals surface area contributed by atoms with Gasteiger partial charge in [-0.3, -0.25) is 0 Å². The molecule has 0 unspecified atom stereocenters. The lowest BCUT2D eigenvalue weighted by Gasteiger charge is -2.07. The van der Waals surface area contributed by atoms with Gasteiger partial charge in [0.2, 0.25) is 0 Å². The van der Waals surface area contributed by atoms with Gasteiger partial charge in [0.15, 0.2) is 0 Å². The highest BCUT2D eigenvalue weighted by molar-refractivity contribution is 5.23. The van der Waals surface area contributed by atoms with Gasteiger partial charge in [0.25, 0.3) is 6.43 Å². The summed E-state index contributed by atoms with van der Waals surface area (Å²) in [7, 11) is 0. The largest absolute Gasteiger partial charge is 0.389 e. The Labute approximate surface area is 108 Å². The smallest absolute Gasteiger partial charge is 0.313 e. The van der Waals surface area contributed by atoms with Crippen molar-refractivity contribution in [3.05, 3.63) is 35.4 Å². The van der Waals surface area contributed by atoms with Crippen molar-refractivity contribution in [3.8, 4) is 0 Å². The second-order valence-corrected chi connectivity index (χ2v) is 4.29. The first-order valence-electron chi connectivity index (χ1n) is 6.03. The van der Waals surface area contributed by atoms with Crippen LogP contribution in [0.5, 0.6) is 0 Å². The quantitative estimate of drug-likeness (QED) is 0.575. The summed E-state index contributed by atoms with van der Waals surface area (Å²) in [5.41, 5.74) is 0.800. The van der Waals surface area contributed by atoms with Crippen LogP contribution in [0.1, 0.15) is 36.8 Å². The summed E-state index contributed by atoms with van der Waals surface area (Å²) < 4.78 is 60.1. The fourth-order valence-corrected chi connectivity index (χ4v) is 1.59. The Morgan fingerprint density at radius 1 is 1.00 bits per heavy atom. The molecule has 19 heavy (non-hydrogen) atoms. The third-order valence-electron chi connectivity index (χ3n) is 2.62. The van der Waals surface area contributed by atoms with Crippen LogP contribution in [0.15, 0.2) is 24.3 Å². The predicted octanol–water partition coefficient (Wildman–Crippen LogP) is 4.45. The monoisotopic (exact) mass is 281 g/mol. The van der Waals surface area contributed by atoms with Gasteiger partial charge in [-0.05, 0) is 24.9 Å². The highest BCUT2D eigenvalue weighted by Gasteiger charge is 2.25. The highest BCUT2D eigenvalue weighted by Crippen LogP contribution is 2.22. The van der Waals surface area contributed by atoms with E-state index in [-0.39, 0.29) is 12.0 Å². The maximum Gasteiger partial charge on any atom is 0.389 e. The number of alkyl halides is 5. The van der Waals surface area contributed by atoms with Gasteiger partial charge in [0.1, 0.15) is 0 Å². The van der Waals surface area contributed by atoms with Crippen LogP contribution >= 0.6 is 0 Å². The van der Waals surface area contributed by atoms with Gasteiger partial charge in [-0.25, -0.2) is 8.78 Å². The van der Waals surface area contributed by atoms with Gasteiger partial charge in [0, 0.05) is 18.5 Å². The summed E-state index contributed by atoms with van der Waals surface area (Å²) in [6.07, 6.45) is -6.80. The Balaban J connectivity index is 2.16. The molecule has 0 heterocycles. The summed E-state index contributed by atoms with van der Waals surface area (Å²) in [6.45, 7) is 0.947. The molecule has 0 aliphatic carbocycles. The minimum Gasteiger partial charge on any atom is -0.313 e. The lowest BCUT2D eigenvalue weighted by atomic mass is 10.1. The van der Waals surface area contributed by atoms with E-state index >= 15 is 0 Å². The molecule has 0 radical (unpaired) electrons. The van der Waals surface area contributed by atoms with E-state index in [0.29, 0.717) is 19.5 Å². The molecule has 0 saturated carbocycles. The number of halogens is 5. The van der Waals surface area contributed by atoms with Crippen molar-refractivity contribution in [2.45, 2.75) is 38.4 Å². The summed E-state index contributed by atoms with van der Waals surface area (Å²) >= 11 is 0. The van der Waals surface area contributed by atoms with Crippen LogP contribution in [0, 0.1) is 0 Å². The molecule has 0 spiro atoms. The molecule has 0 fully saturated rings. The summed E-state index contributed by atoms with van der Waals surface area (Å²) in [4.78, 5) is 0. The molecule has 1 N–H and O–H groups in total. The van der Waals surface area contributed by atoms with Crippen LogP contribution < -0.4 is 5.32 Å². The van der Waals surface area contributed by atoms with Gasteiger partial charge in [-0.15, -0.1) is 0 Å². The molecular weight excluding hydrogens is 265 g/mol. The molecule has 0 bridgehead atoms. The molecule has 1 aromatic carbocycles. The Morgan fingerprint density at radius 2 is 1.63 bits per heavy atom. The molecule has 0 aliphatic heterocycles. The van der Waals surface area contributed by atoms with E-state index in [1.54, 1.807) is 12.1 Å². The number of unbranched alkanes of at least 4 members (excludes halogenated alkanes) is 1. The zero-order valence-corrected chi connectivity index (χ0v) is 10.3. The topological polar surface area (TPSA) is 12.0 Å². The Kier molecular flexibility index (Phi) is 6.21. The predicted molar refractivity (Wildman–Crippen MR) is 63.0 cm³/mol. The third-order valence-corrected chi connectivity index (χ3v) is 2.62. The van der Waals surface area contributed by atoms with Crippen LogP contribution in [0.3, 0.4) is 0 Å². The Bertz CT molecular complexity index is 358. The lowest BCUT2D eigenvalue weighted by Crippen LogP contribution is -2.15. The number of hydrogen-bond acceptors (Lipinski definition) is 1. The molecule has 0 atom stereocenters. The number of nitrogens with one attached hydrogen (secondary N) is 1. The molecule has 0 aliphatic rings. The Morgan fingerprint density at radius 3 is 2.16 bits per heavy atom. The van der Waals surface area contributed by atoms with Crippen molar-refractivity contribution in [3.63, 3.8) is 0 Å². The van der Waals surface area contributed by atoms with Crippen LogP contribution in [0.2, 0.25) is 0 Å². The van der Waals surface area contributed by atoms with Crippen molar-refractivity contribution in [1.29, 1.82) is 0 Å². The van der Waals surface area contributed by atoms with Crippen LogP contribution in [0.4, 0.5) is 22.0 Å². The average molecular weight is 281 g/mol. The molecule has 6 heteroatoms. The first-order chi connectivity index (χ1) is 8.88. The average Bonchev–Trinajstić information content (AvgIpc) is 2.33. The fraction of sp³-hybridized carbons (Fsp3) is 0.538. The maximum atomic E-state index is 12.3. The molecule has 0 saturated heterocycles. The first-order valence-corrected chi connectivity index (χ1v) is 6.03. The molecule has 108 valence electrons. The SMILES string of the molecule is FC(F)c1ccc(CNCCCCC(F)(F)F)cc1.